The van der Waals surface area contributed by atoms with Crippen LogP contribution in [0.4, 0.5) is 0 Å². The lowest BCUT2D eigenvalue weighted by Crippen LogP contribution is -2.03. The van der Waals surface area contributed by atoms with E-state index in [0.717, 1.165) is 19.6 Å². The van der Waals surface area contributed by atoms with Crippen LogP contribution in [0.1, 0.15) is 131 Å². The average Bonchev–Trinajstić information content (AvgIpc) is 2.67. The molecule has 0 aromatic heterocycles. The van der Waals surface area contributed by atoms with Crippen LogP contribution in [0.15, 0.2) is 0 Å². The summed E-state index contributed by atoms with van der Waals surface area (Å²) in [6.45, 7) is 15.5. The molecule has 26 heavy (non-hydrogen) atoms. The first-order chi connectivity index (χ1) is 12.7. The van der Waals surface area contributed by atoms with Gasteiger partial charge in [0.25, 0.3) is 0 Å². The Kier molecular flexibility index (Phi) is 38.4. The maximum absolute atomic E-state index is 8.75. The fraction of sp³-hybridized carbons (Fsp3) is 1.00. The topological polar surface area (TPSA) is 29.5 Å². The Morgan fingerprint density at radius 1 is 0.577 bits per heavy atom. The Hall–Kier alpha value is -0.0800. The number of unbranched alkanes of at least 4 members (excludes halogenated alkanes) is 8. The van der Waals surface area contributed by atoms with Gasteiger partial charge in [-0.2, -0.15) is 0 Å². The van der Waals surface area contributed by atoms with Gasteiger partial charge in [0, 0.05) is 19.8 Å². The van der Waals surface area contributed by atoms with E-state index in [1.54, 1.807) is 0 Å². The number of aliphatic hydroxyl groups excluding tert-OH is 1. The lowest BCUT2D eigenvalue weighted by molar-refractivity contribution is 0.128. The van der Waals surface area contributed by atoms with Crippen molar-refractivity contribution in [3.8, 4) is 0 Å². The van der Waals surface area contributed by atoms with Gasteiger partial charge < -0.3 is 9.84 Å². The molecular weight excluding hydrogens is 320 g/mol. The first-order valence-electron chi connectivity index (χ1n) is 11.9. The normalized spacial score (nSPS) is 11.2. The summed E-state index contributed by atoms with van der Waals surface area (Å²) in [5.41, 5.74) is 0. The fourth-order valence-electron chi connectivity index (χ4n) is 2.37. The van der Waals surface area contributed by atoms with Crippen LogP contribution in [-0.2, 0) is 4.74 Å². The van der Waals surface area contributed by atoms with Gasteiger partial charge in [-0.05, 0) is 25.2 Å². The van der Waals surface area contributed by atoms with Crippen molar-refractivity contribution in [3.05, 3.63) is 0 Å². The van der Waals surface area contributed by atoms with E-state index in [0.29, 0.717) is 12.5 Å². The largest absolute Gasteiger partial charge is 0.396 e. The van der Waals surface area contributed by atoms with Crippen LogP contribution >= 0.6 is 0 Å². The van der Waals surface area contributed by atoms with Gasteiger partial charge in [-0.1, -0.05) is 112 Å². The van der Waals surface area contributed by atoms with Gasteiger partial charge in [0.1, 0.15) is 0 Å². The smallest absolute Gasteiger partial charge is 0.0465 e. The van der Waals surface area contributed by atoms with Crippen molar-refractivity contribution in [2.75, 3.05) is 19.8 Å². The highest BCUT2D eigenvalue weighted by Gasteiger charge is 2.01. The monoisotopic (exact) mass is 374 g/mol. The molecule has 0 aromatic carbocycles. The third kappa shape index (κ3) is 35.1. The van der Waals surface area contributed by atoms with Crippen LogP contribution in [0.2, 0.25) is 0 Å². The van der Waals surface area contributed by atoms with Crippen molar-refractivity contribution in [2.45, 2.75) is 131 Å². The summed E-state index contributed by atoms with van der Waals surface area (Å²) in [6, 6.07) is 0. The molecule has 0 saturated heterocycles. The molecule has 0 aromatic rings. The Labute approximate surface area is 167 Å². The molecule has 1 atom stereocenters. The maximum atomic E-state index is 8.75. The summed E-state index contributed by atoms with van der Waals surface area (Å²) in [5, 5.41) is 8.75. The minimum atomic E-state index is 0.372. The van der Waals surface area contributed by atoms with Gasteiger partial charge >= 0.3 is 0 Å². The zero-order chi connectivity index (χ0) is 20.3. The lowest BCUT2D eigenvalue weighted by atomic mass is 10.0. The molecule has 1 unspecified atom stereocenters. The summed E-state index contributed by atoms with van der Waals surface area (Å²) in [6.07, 6.45) is 18.2. The first-order valence-corrected chi connectivity index (χ1v) is 11.9. The SMILES string of the molecule is CCCCC(CC)CO.CCCCCCCC.CCCCOCCCC. The Morgan fingerprint density at radius 3 is 1.31 bits per heavy atom. The highest BCUT2D eigenvalue weighted by atomic mass is 16.5. The molecule has 0 rings (SSSR count). The molecule has 0 heterocycles. The van der Waals surface area contributed by atoms with Crippen LogP contribution in [0, 0.1) is 5.92 Å². The van der Waals surface area contributed by atoms with Gasteiger partial charge in [0.15, 0.2) is 0 Å². The fourth-order valence-corrected chi connectivity index (χ4v) is 2.37. The second-order valence-corrected chi connectivity index (χ2v) is 7.33. The number of ether oxygens (including phenoxy) is 1. The van der Waals surface area contributed by atoms with Crippen LogP contribution in [0.5, 0.6) is 0 Å². The molecule has 2 nitrogen and oxygen atoms in total. The molecule has 2 heteroatoms. The maximum Gasteiger partial charge on any atom is 0.0465 e. The van der Waals surface area contributed by atoms with E-state index in [-0.39, 0.29) is 0 Å². The molecule has 162 valence electrons. The number of aliphatic hydroxyl groups is 1. The van der Waals surface area contributed by atoms with E-state index >= 15 is 0 Å². The van der Waals surface area contributed by atoms with Gasteiger partial charge in [-0.3, -0.25) is 0 Å². The van der Waals surface area contributed by atoms with E-state index < -0.39 is 0 Å². The highest BCUT2D eigenvalue weighted by molar-refractivity contribution is 4.53. The summed E-state index contributed by atoms with van der Waals surface area (Å²) < 4.78 is 5.31. The number of rotatable bonds is 16. The molecular formula is C24H54O2. The van der Waals surface area contributed by atoms with Crippen molar-refractivity contribution >= 4 is 0 Å². The van der Waals surface area contributed by atoms with Gasteiger partial charge in [0.2, 0.25) is 0 Å². The van der Waals surface area contributed by atoms with Crippen LogP contribution < -0.4 is 0 Å². The zero-order valence-electron chi connectivity index (χ0n) is 19.5. The first kappa shape index (κ1) is 30.6. The standard InChI is InChI=1S/2C8H18O.C8H18/c1-3-5-6-8(4-2)7-9;1-3-5-7-9-8-6-4-2;1-3-5-7-8-6-4-2/h8-9H,3-7H2,1-2H3;3-8H2,1-2H3;3-8H2,1-2H3. The highest BCUT2D eigenvalue weighted by Crippen LogP contribution is 2.10. The second-order valence-electron chi connectivity index (χ2n) is 7.33. The van der Waals surface area contributed by atoms with Crippen LogP contribution in [0.3, 0.4) is 0 Å². The van der Waals surface area contributed by atoms with E-state index in [1.165, 1.54) is 83.5 Å². The van der Waals surface area contributed by atoms with Crippen molar-refractivity contribution < 1.29 is 9.84 Å². The minimum absolute atomic E-state index is 0.372. The second kappa shape index (κ2) is 32.6. The van der Waals surface area contributed by atoms with E-state index in [2.05, 4.69) is 41.5 Å². The molecule has 0 aliphatic heterocycles. The average molecular weight is 375 g/mol. The quantitative estimate of drug-likeness (QED) is 0.276. The van der Waals surface area contributed by atoms with Crippen molar-refractivity contribution in [1.29, 1.82) is 0 Å². The Bertz CT molecular complexity index is 179. The number of hydrogen-bond donors (Lipinski definition) is 1. The summed E-state index contributed by atoms with van der Waals surface area (Å²) in [7, 11) is 0. The minimum Gasteiger partial charge on any atom is -0.396 e. The van der Waals surface area contributed by atoms with Crippen molar-refractivity contribution in [1.82, 2.24) is 0 Å². The molecule has 0 spiro atoms. The molecule has 0 aliphatic carbocycles. The van der Waals surface area contributed by atoms with Crippen LogP contribution in [-0.4, -0.2) is 24.9 Å². The molecule has 1 N–H and O–H groups in total. The number of hydrogen-bond acceptors (Lipinski definition) is 2. The van der Waals surface area contributed by atoms with Gasteiger partial charge in [-0.25, -0.2) is 0 Å². The van der Waals surface area contributed by atoms with Crippen LogP contribution in [0.25, 0.3) is 0 Å². The van der Waals surface area contributed by atoms with E-state index in [1.807, 2.05) is 0 Å². The Morgan fingerprint density at radius 2 is 1.00 bits per heavy atom. The van der Waals surface area contributed by atoms with Gasteiger partial charge in [-0.15, -0.1) is 0 Å². The third-order valence-electron chi connectivity index (χ3n) is 4.54. The molecule has 0 saturated carbocycles. The third-order valence-corrected chi connectivity index (χ3v) is 4.54. The van der Waals surface area contributed by atoms with Crippen molar-refractivity contribution in [2.24, 2.45) is 5.92 Å². The molecule has 0 aliphatic rings. The zero-order valence-corrected chi connectivity index (χ0v) is 19.5. The summed E-state index contributed by atoms with van der Waals surface area (Å²) >= 11 is 0. The molecule has 0 bridgehead atoms. The van der Waals surface area contributed by atoms with E-state index in [9.17, 15) is 0 Å². The molecule has 0 amide bonds. The predicted molar refractivity (Wildman–Crippen MR) is 120 cm³/mol. The molecule has 0 fully saturated rings. The lowest BCUT2D eigenvalue weighted by Gasteiger charge is -2.08. The van der Waals surface area contributed by atoms with Gasteiger partial charge in [0.05, 0.1) is 0 Å². The summed E-state index contributed by atoms with van der Waals surface area (Å²) in [5.74, 6) is 0.560. The Balaban J connectivity index is -0.000000306. The predicted octanol–water partition coefficient (Wildman–Crippen LogP) is 8.17. The van der Waals surface area contributed by atoms with E-state index in [4.69, 9.17) is 9.84 Å². The van der Waals surface area contributed by atoms with Crippen molar-refractivity contribution in [3.63, 3.8) is 0 Å². The summed E-state index contributed by atoms with van der Waals surface area (Å²) in [4.78, 5) is 0. The molecule has 0 radical (unpaired) electrons.